The van der Waals surface area contributed by atoms with Crippen LogP contribution in [0.3, 0.4) is 0 Å². The van der Waals surface area contributed by atoms with Gasteiger partial charge >= 0.3 is 0 Å². The second-order valence-electron chi connectivity index (χ2n) is 5.81. The van der Waals surface area contributed by atoms with E-state index in [2.05, 4.69) is 37.9 Å². The number of carbonyl (C=O) groups is 1. The number of piperidine rings is 1. The van der Waals surface area contributed by atoms with Gasteiger partial charge in [-0.05, 0) is 58.5 Å². The van der Waals surface area contributed by atoms with Gasteiger partial charge in [0.2, 0.25) is 5.91 Å². The van der Waals surface area contributed by atoms with E-state index < -0.39 is 0 Å². The molecule has 0 bridgehead atoms. The van der Waals surface area contributed by atoms with Gasteiger partial charge in [0.05, 0.1) is 0 Å². The maximum Gasteiger partial charge on any atom is 0.225 e. The maximum atomic E-state index is 12.5. The summed E-state index contributed by atoms with van der Waals surface area (Å²) in [5.41, 5.74) is 0. The number of nitrogens with zero attached hydrogens (tertiary/aromatic N) is 1. The van der Waals surface area contributed by atoms with Crippen LogP contribution in [-0.2, 0) is 4.79 Å². The molecule has 1 N–H and O–H groups in total. The van der Waals surface area contributed by atoms with Crippen LogP contribution in [0.15, 0.2) is 0 Å². The molecular formula is C15H30N2O. The van der Waals surface area contributed by atoms with Crippen molar-refractivity contribution in [2.75, 3.05) is 19.6 Å². The highest BCUT2D eigenvalue weighted by molar-refractivity contribution is 5.79. The lowest BCUT2D eigenvalue weighted by atomic mass is 9.96. The van der Waals surface area contributed by atoms with Crippen molar-refractivity contribution < 1.29 is 4.79 Å². The molecule has 106 valence electrons. The van der Waals surface area contributed by atoms with Gasteiger partial charge in [0, 0.05) is 18.5 Å². The van der Waals surface area contributed by atoms with E-state index in [0.29, 0.717) is 17.9 Å². The molecule has 3 nitrogen and oxygen atoms in total. The standard InChI is InChI=1S/C15H30N2O/c1-5-14(6-2)15(18)17(12(3)4)11-13-8-7-9-16-10-13/h12-14,16H,5-11H2,1-4H3. The molecule has 1 aliphatic heterocycles. The summed E-state index contributed by atoms with van der Waals surface area (Å²) in [5.74, 6) is 1.21. The van der Waals surface area contributed by atoms with Crippen LogP contribution in [-0.4, -0.2) is 36.5 Å². The van der Waals surface area contributed by atoms with Crippen molar-refractivity contribution in [2.45, 2.75) is 59.4 Å². The smallest absolute Gasteiger partial charge is 0.225 e. The van der Waals surface area contributed by atoms with Crippen LogP contribution in [0.2, 0.25) is 0 Å². The summed E-state index contributed by atoms with van der Waals surface area (Å²) >= 11 is 0. The number of hydrogen-bond donors (Lipinski definition) is 1. The SMILES string of the molecule is CCC(CC)C(=O)N(CC1CCCNC1)C(C)C. The lowest BCUT2D eigenvalue weighted by Gasteiger charge is -2.35. The third kappa shape index (κ3) is 4.27. The van der Waals surface area contributed by atoms with E-state index in [1.54, 1.807) is 0 Å². The minimum atomic E-state index is 0.212. The number of amides is 1. The van der Waals surface area contributed by atoms with E-state index in [1.165, 1.54) is 12.8 Å². The van der Waals surface area contributed by atoms with Gasteiger partial charge in [0.1, 0.15) is 0 Å². The minimum Gasteiger partial charge on any atom is -0.340 e. The Labute approximate surface area is 112 Å². The Morgan fingerprint density at radius 3 is 2.44 bits per heavy atom. The zero-order chi connectivity index (χ0) is 13.5. The summed E-state index contributed by atoms with van der Waals surface area (Å²) in [4.78, 5) is 14.6. The first-order valence-corrected chi connectivity index (χ1v) is 7.61. The number of rotatable bonds is 6. The highest BCUT2D eigenvalue weighted by atomic mass is 16.2. The van der Waals surface area contributed by atoms with Crippen molar-refractivity contribution in [2.24, 2.45) is 11.8 Å². The summed E-state index contributed by atoms with van der Waals surface area (Å²) in [6.45, 7) is 11.6. The van der Waals surface area contributed by atoms with Gasteiger partial charge in [0.25, 0.3) is 0 Å². The van der Waals surface area contributed by atoms with Crippen LogP contribution >= 0.6 is 0 Å². The quantitative estimate of drug-likeness (QED) is 0.790. The fourth-order valence-corrected chi connectivity index (χ4v) is 2.79. The number of hydrogen-bond acceptors (Lipinski definition) is 2. The Morgan fingerprint density at radius 1 is 1.33 bits per heavy atom. The van der Waals surface area contributed by atoms with Crippen LogP contribution in [0.1, 0.15) is 53.4 Å². The van der Waals surface area contributed by atoms with Crippen molar-refractivity contribution in [1.29, 1.82) is 0 Å². The number of nitrogens with one attached hydrogen (secondary N) is 1. The molecule has 0 aromatic rings. The van der Waals surface area contributed by atoms with E-state index in [4.69, 9.17) is 0 Å². The molecule has 0 aliphatic carbocycles. The second-order valence-corrected chi connectivity index (χ2v) is 5.81. The number of carbonyl (C=O) groups excluding carboxylic acids is 1. The van der Waals surface area contributed by atoms with Crippen LogP contribution < -0.4 is 5.32 Å². The average Bonchev–Trinajstić information content (AvgIpc) is 2.38. The molecule has 1 saturated heterocycles. The van der Waals surface area contributed by atoms with Crippen LogP contribution in [0.25, 0.3) is 0 Å². The van der Waals surface area contributed by atoms with Gasteiger partial charge in [-0.3, -0.25) is 4.79 Å². The Kier molecular flexibility index (Phi) is 6.69. The van der Waals surface area contributed by atoms with Crippen LogP contribution in [0.5, 0.6) is 0 Å². The predicted octanol–water partition coefficient (Wildman–Crippen LogP) is 2.66. The van der Waals surface area contributed by atoms with Crippen molar-refractivity contribution in [3.05, 3.63) is 0 Å². The Bertz CT molecular complexity index is 243. The fraction of sp³-hybridized carbons (Fsp3) is 0.933. The largest absolute Gasteiger partial charge is 0.340 e. The first-order valence-electron chi connectivity index (χ1n) is 7.61. The molecule has 0 aromatic carbocycles. The molecule has 1 fully saturated rings. The van der Waals surface area contributed by atoms with E-state index >= 15 is 0 Å². The molecule has 1 heterocycles. The topological polar surface area (TPSA) is 32.3 Å². The third-order valence-corrected chi connectivity index (χ3v) is 4.10. The van der Waals surface area contributed by atoms with Gasteiger partial charge in [-0.15, -0.1) is 0 Å². The zero-order valence-corrected chi connectivity index (χ0v) is 12.5. The monoisotopic (exact) mass is 254 g/mol. The molecule has 0 radical (unpaired) electrons. The van der Waals surface area contributed by atoms with Crippen LogP contribution in [0, 0.1) is 11.8 Å². The molecule has 1 aliphatic rings. The highest BCUT2D eigenvalue weighted by Gasteiger charge is 2.26. The van der Waals surface area contributed by atoms with Gasteiger partial charge < -0.3 is 10.2 Å². The first-order chi connectivity index (χ1) is 8.60. The van der Waals surface area contributed by atoms with Gasteiger partial charge in [-0.2, -0.15) is 0 Å². The Morgan fingerprint density at radius 2 is 2.00 bits per heavy atom. The molecule has 0 aromatic heterocycles. The van der Waals surface area contributed by atoms with E-state index in [1.807, 2.05) is 0 Å². The lowest BCUT2D eigenvalue weighted by molar-refractivity contribution is -0.138. The molecule has 1 unspecified atom stereocenters. The molecule has 1 rings (SSSR count). The summed E-state index contributed by atoms with van der Waals surface area (Å²) in [5, 5.41) is 3.44. The van der Waals surface area contributed by atoms with E-state index in [9.17, 15) is 4.79 Å². The summed E-state index contributed by atoms with van der Waals surface area (Å²) in [6.07, 6.45) is 4.42. The van der Waals surface area contributed by atoms with Crippen molar-refractivity contribution >= 4 is 5.91 Å². The Balaban J connectivity index is 2.60. The second kappa shape index (κ2) is 7.78. The maximum absolute atomic E-state index is 12.5. The molecule has 3 heteroatoms. The van der Waals surface area contributed by atoms with Crippen LogP contribution in [0.4, 0.5) is 0 Å². The normalized spacial score (nSPS) is 20.4. The molecule has 18 heavy (non-hydrogen) atoms. The lowest BCUT2D eigenvalue weighted by Crippen LogP contribution is -2.46. The van der Waals surface area contributed by atoms with Gasteiger partial charge in [0.15, 0.2) is 0 Å². The predicted molar refractivity (Wildman–Crippen MR) is 76.5 cm³/mol. The molecule has 1 atom stereocenters. The third-order valence-electron chi connectivity index (χ3n) is 4.10. The summed E-state index contributed by atoms with van der Waals surface area (Å²) < 4.78 is 0. The van der Waals surface area contributed by atoms with Crippen molar-refractivity contribution in [3.63, 3.8) is 0 Å². The van der Waals surface area contributed by atoms with Crippen molar-refractivity contribution in [1.82, 2.24) is 10.2 Å². The van der Waals surface area contributed by atoms with Gasteiger partial charge in [-0.25, -0.2) is 0 Å². The van der Waals surface area contributed by atoms with Gasteiger partial charge in [-0.1, -0.05) is 13.8 Å². The Hall–Kier alpha value is -0.570. The minimum absolute atomic E-state index is 0.212. The molecule has 0 saturated carbocycles. The van der Waals surface area contributed by atoms with E-state index in [-0.39, 0.29) is 5.92 Å². The molecular weight excluding hydrogens is 224 g/mol. The highest BCUT2D eigenvalue weighted by Crippen LogP contribution is 2.18. The van der Waals surface area contributed by atoms with E-state index in [0.717, 1.165) is 32.5 Å². The summed E-state index contributed by atoms with van der Waals surface area (Å²) in [6, 6.07) is 0.319. The molecule has 1 amide bonds. The fourth-order valence-electron chi connectivity index (χ4n) is 2.79. The van der Waals surface area contributed by atoms with Crippen molar-refractivity contribution in [3.8, 4) is 0 Å². The first kappa shape index (κ1) is 15.5. The molecule has 0 spiro atoms. The summed E-state index contributed by atoms with van der Waals surface area (Å²) in [7, 11) is 0. The average molecular weight is 254 g/mol. The zero-order valence-electron chi connectivity index (χ0n) is 12.5.